The van der Waals surface area contributed by atoms with E-state index in [9.17, 15) is 13.6 Å². The van der Waals surface area contributed by atoms with Gasteiger partial charge in [0.15, 0.2) is 0 Å². The highest BCUT2D eigenvalue weighted by Crippen LogP contribution is 2.29. The lowest BCUT2D eigenvalue weighted by atomic mass is 9.97. The quantitative estimate of drug-likeness (QED) is 0.840. The Morgan fingerprint density at radius 2 is 1.80 bits per heavy atom. The molecule has 1 aromatic rings. The molecule has 0 spiro atoms. The van der Waals surface area contributed by atoms with Gasteiger partial charge in [0.05, 0.1) is 12.1 Å². The molecule has 3 rings (SSSR count). The fraction of sp³-hybridized carbons (Fsp3) is 0.733. The van der Waals surface area contributed by atoms with Crippen molar-refractivity contribution in [3.05, 3.63) is 18.2 Å². The number of halogens is 4. The monoisotopic (exact) mass is 399 g/mol. The molecule has 25 heavy (non-hydrogen) atoms. The molecular formula is C15H25Cl2F2N5O. The Morgan fingerprint density at radius 1 is 1.20 bits per heavy atom. The van der Waals surface area contributed by atoms with E-state index in [-0.39, 0.29) is 30.7 Å². The summed E-state index contributed by atoms with van der Waals surface area (Å²) < 4.78 is 26.6. The van der Waals surface area contributed by atoms with E-state index in [0.717, 1.165) is 30.3 Å². The lowest BCUT2D eigenvalue weighted by molar-refractivity contribution is -0.138. The van der Waals surface area contributed by atoms with Gasteiger partial charge in [0, 0.05) is 38.6 Å². The summed E-state index contributed by atoms with van der Waals surface area (Å²) in [7, 11) is 0. The first-order valence-electron chi connectivity index (χ1n) is 8.10. The van der Waals surface area contributed by atoms with Crippen LogP contribution in [0.4, 0.5) is 8.78 Å². The number of hydrogen-bond acceptors (Lipinski definition) is 4. The molecule has 1 aliphatic heterocycles. The van der Waals surface area contributed by atoms with Gasteiger partial charge >= 0.3 is 6.55 Å². The molecule has 0 aromatic carbocycles. The third-order valence-electron chi connectivity index (χ3n) is 4.91. The van der Waals surface area contributed by atoms with Crippen molar-refractivity contribution < 1.29 is 13.6 Å². The molecule has 1 saturated heterocycles. The van der Waals surface area contributed by atoms with E-state index >= 15 is 0 Å². The fourth-order valence-corrected chi connectivity index (χ4v) is 3.49. The summed E-state index contributed by atoms with van der Waals surface area (Å²) in [5.74, 6) is 0.398. The van der Waals surface area contributed by atoms with Crippen LogP contribution in [0.2, 0.25) is 0 Å². The Labute approximate surface area is 158 Å². The van der Waals surface area contributed by atoms with Crippen LogP contribution < -0.4 is 5.73 Å². The number of rotatable bonds is 4. The standard InChI is InChI=1S/C15H23F2N5O.2ClH/c16-14(17)22-6-5-19-12(22)11-20-7-9-21(10-8-20)13(23)15(18)3-1-2-4-15;;/h5-6,14H,1-4,7-11,18H2;2*1H. The van der Waals surface area contributed by atoms with Crippen LogP contribution in [-0.2, 0) is 11.3 Å². The topological polar surface area (TPSA) is 67.4 Å². The Hall–Kier alpha value is -0.960. The van der Waals surface area contributed by atoms with E-state index in [4.69, 9.17) is 5.73 Å². The molecule has 2 aliphatic rings. The molecule has 144 valence electrons. The van der Waals surface area contributed by atoms with Crippen molar-refractivity contribution in [2.45, 2.75) is 44.3 Å². The number of imidazole rings is 1. The molecule has 2 heterocycles. The summed E-state index contributed by atoms with van der Waals surface area (Å²) in [4.78, 5) is 20.4. The summed E-state index contributed by atoms with van der Waals surface area (Å²) in [6, 6.07) is 0. The summed E-state index contributed by atoms with van der Waals surface area (Å²) in [6.45, 7) is 0.276. The van der Waals surface area contributed by atoms with Crippen molar-refractivity contribution in [3.63, 3.8) is 0 Å². The maximum absolute atomic E-state index is 12.8. The molecule has 1 amide bonds. The second-order valence-corrected chi connectivity index (χ2v) is 6.46. The number of alkyl halides is 2. The Morgan fingerprint density at radius 3 is 2.36 bits per heavy atom. The maximum atomic E-state index is 12.8. The molecule has 10 heteroatoms. The zero-order valence-electron chi connectivity index (χ0n) is 13.9. The Kier molecular flexibility index (Phi) is 8.05. The largest absolute Gasteiger partial charge is 0.339 e. The van der Waals surface area contributed by atoms with Crippen LogP contribution in [0.25, 0.3) is 0 Å². The molecular weight excluding hydrogens is 375 g/mol. The molecule has 2 N–H and O–H groups in total. The third-order valence-corrected chi connectivity index (χ3v) is 4.91. The molecule has 0 unspecified atom stereocenters. The van der Waals surface area contributed by atoms with Crippen molar-refractivity contribution in [2.75, 3.05) is 26.2 Å². The molecule has 1 aromatic heterocycles. The van der Waals surface area contributed by atoms with Gasteiger partial charge in [0.1, 0.15) is 5.82 Å². The lowest BCUT2D eigenvalue weighted by Crippen LogP contribution is -2.58. The van der Waals surface area contributed by atoms with Gasteiger partial charge in [-0.05, 0) is 12.8 Å². The van der Waals surface area contributed by atoms with Crippen molar-refractivity contribution in [1.29, 1.82) is 0 Å². The number of amides is 1. The van der Waals surface area contributed by atoms with E-state index in [2.05, 4.69) is 4.98 Å². The van der Waals surface area contributed by atoms with Crippen LogP contribution in [0.15, 0.2) is 12.4 Å². The molecule has 0 radical (unpaired) electrons. The number of carbonyl (C=O) groups is 1. The molecule has 2 fully saturated rings. The normalized spacial score (nSPS) is 20.2. The third kappa shape index (κ3) is 4.81. The zero-order chi connectivity index (χ0) is 16.4. The average Bonchev–Trinajstić information content (AvgIpc) is 3.17. The number of carbonyl (C=O) groups excluding carboxylic acids is 1. The molecule has 1 saturated carbocycles. The van der Waals surface area contributed by atoms with Gasteiger partial charge in [0.2, 0.25) is 5.91 Å². The minimum Gasteiger partial charge on any atom is -0.339 e. The molecule has 1 aliphatic carbocycles. The number of nitrogens with two attached hydrogens (primary N) is 1. The SMILES string of the molecule is Cl.Cl.NC1(C(=O)N2CCN(Cc3nccn3C(F)F)CC2)CCCC1. The van der Waals surface area contributed by atoms with E-state index in [1.165, 1.54) is 12.4 Å². The molecule has 0 bridgehead atoms. The number of nitrogens with zero attached hydrogens (tertiary/aromatic N) is 4. The van der Waals surface area contributed by atoms with Crippen LogP contribution in [0.1, 0.15) is 38.1 Å². The highest BCUT2D eigenvalue weighted by Gasteiger charge is 2.40. The Bertz CT molecular complexity index is 558. The molecule has 0 atom stereocenters. The van der Waals surface area contributed by atoms with E-state index in [1.807, 2.05) is 9.80 Å². The van der Waals surface area contributed by atoms with Gasteiger partial charge in [-0.15, -0.1) is 24.8 Å². The summed E-state index contributed by atoms with van der Waals surface area (Å²) >= 11 is 0. The first kappa shape index (κ1) is 22.1. The predicted octanol–water partition coefficient (Wildman–Crippen LogP) is 2.04. The maximum Gasteiger partial charge on any atom is 0.319 e. The van der Waals surface area contributed by atoms with Gasteiger partial charge < -0.3 is 10.6 Å². The van der Waals surface area contributed by atoms with Gasteiger partial charge in [-0.2, -0.15) is 8.78 Å². The number of hydrogen-bond donors (Lipinski definition) is 1. The van der Waals surface area contributed by atoms with Crippen LogP contribution in [0.5, 0.6) is 0 Å². The second kappa shape index (κ2) is 9.12. The first-order valence-corrected chi connectivity index (χ1v) is 8.10. The number of aromatic nitrogens is 2. The minimum absolute atomic E-state index is 0. The summed E-state index contributed by atoms with van der Waals surface area (Å²) in [5.41, 5.74) is 5.54. The van der Waals surface area contributed by atoms with Crippen LogP contribution in [0, 0.1) is 0 Å². The summed E-state index contributed by atoms with van der Waals surface area (Å²) in [6.07, 6.45) is 6.23. The van der Waals surface area contributed by atoms with Gasteiger partial charge in [0.25, 0.3) is 0 Å². The van der Waals surface area contributed by atoms with Gasteiger partial charge in [-0.1, -0.05) is 12.8 Å². The Balaban J connectivity index is 0.00000156. The second-order valence-electron chi connectivity index (χ2n) is 6.46. The van der Waals surface area contributed by atoms with Crippen molar-refractivity contribution in [3.8, 4) is 0 Å². The smallest absolute Gasteiger partial charge is 0.319 e. The highest BCUT2D eigenvalue weighted by atomic mass is 35.5. The van der Waals surface area contributed by atoms with E-state index in [0.29, 0.717) is 38.5 Å². The van der Waals surface area contributed by atoms with Crippen molar-refractivity contribution in [2.24, 2.45) is 5.73 Å². The summed E-state index contributed by atoms with van der Waals surface area (Å²) in [5, 5.41) is 0. The van der Waals surface area contributed by atoms with Crippen molar-refractivity contribution in [1.82, 2.24) is 19.4 Å². The average molecular weight is 400 g/mol. The molecule has 6 nitrogen and oxygen atoms in total. The van der Waals surface area contributed by atoms with Crippen LogP contribution >= 0.6 is 24.8 Å². The fourth-order valence-electron chi connectivity index (χ4n) is 3.49. The zero-order valence-corrected chi connectivity index (χ0v) is 15.6. The van der Waals surface area contributed by atoms with Gasteiger partial charge in [-0.3, -0.25) is 14.3 Å². The van der Waals surface area contributed by atoms with Gasteiger partial charge in [-0.25, -0.2) is 4.98 Å². The van der Waals surface area contributed by atoms with Crippen molar-refractivity contribution >= 4 is 30.7 Å². The predicted molar refractivity (Wildman–Crippen MR) is 95.2 cm³/mol. The minimum atomic E-state index is -2.57. The van der Waals surface area contributed by atoms with Crippen LogP contribution in [-0.4, -0.2) is 57.0 Å². The lowest BCUT2D eigenvalue weighted by Gasteiger charge is -2.38. The first-order chi connectivity index (χ1) is 11.0. The number of piperazine rings is 1. The van der Waals surface area contributed by atoms with Crippen LogP contribution in [0.3, 0.4) is 0 Å². The highest BCUT2D eigenvalue weighted by molar-refractivity contribution is 5.86. The van der Waals surface area contributed by atoms with E-state index < -0.39 is 12.1 Å². The van der Waals surface area contributed by atoms with E-state index in [1.54, 1.807) is 0 Å².